The van der Waals surface area contributed by atoms with E-state index in [2.05, 4.69) is 23.2 Å². The van der Waals surface area contributed by atoms with Crippen molar-refractivity contribution in [3.8, 4) is 6.07 Å². The molecule has 2 rings (SSSR count). The van der Waals surface area contributed by atoms with Crippen LogP contribution in [0.2, 0.25) is 5.02 Å². The Kier molecular flexibility index (Phi) is 5.07. The van der Waals surface area contributed by atoms with Crippen molar-refractivity contribution in [3.63, 3.8) is 0 Å². The molecular formula is C15H20ClN3. The van der Waals surface area contributed by atoms with Crippen LogP contribution in [0.3, 0.4) is 0 Å². The number of anilines is 1. The Balaban J connectivity index is 2.22. The Morgan fingerprint density at radius 3 is 3.00 bits per heavy atom. The molecule has 0 aliphatic carbocycles. The summed E-state index contributed by atoms with van der Waals surface area (Å²) in [6.07, 6.45) is 3.51. The highest BCUT2D eigenvalue weighted by atomic mass is 35.5. The van der Waals surface area contributed by atoms with Crippen LogP contribution in [0.15, 0.2) is 18.2 Å². The third-order valence-electron chi connectivity index (χ3n) is 3.52. The molecule has 0 bridgehead atoms. The second-order valence-corrected chi connectivity index (χ2v) is 5.45. The fraction of sp³-hybridized carbons (Fsp3) is 0.533. The Morgan fingerprint density at radius 2 is 2.37 bits per heavy atom. The molecule has 0 aromatic heterocycles. The van der Waals surface area contributed by atoms with E-state index in [4.69, 9.17) is 11.6 Å². The van der Waals surface area contributed by atoms with Crippen molar-refractivity contribution in [2.75, 3.05) is 24.5 Å². The van der Waals surface area contributed by atoms with Gasteiger partial charge in [-0.15, -0.1) is 0 Å². The summed E-state index contributed by atoms with van der Waals surface area (Å²) in [5, 5.41) is 13.5. The quantitative estimate of drug-likeness (QED) is 0.898. The maximum atomic E-state index is 9.25. The summed E-state index contributed by atoms with van der Waals surface area (Å²) in [7, 11) is 0. The SMILES string of the molecule is CCCN(CC1CCCN1)c1cc(Cl)ccc1C#N. The summed E-state index contributed by atoms with van der Waals surface area (Å²) in [4.78, 5) is 2.29. The van der Waals surface area contributed by atoms with E-state index in [0.29, 0.717) is 16.6 Å². The number of rotatable bonds is 5. The lowest BCUT2D eigenvalue weighted by atomic mass is 10.1. The Labute approximate surface area is 120 Å². The number of nitrogens with one attached hydrogen (secondary N) is 1. The molecule has 19 heavy (non-hydrogen) atoms. The molecule has 1 heterocycles. The summed E-state index contributed by atoms with van der Waals surface area (Å²) in [5.74, 6) is 0. The molecule has 1 aliphatic heterocycles. The lowest BCUT2D eigenvalue weighted by molar-refractivity contribution is 0.578. The van der Waals surface area contributed by atoms with Gasteiger partial charge in [0.1, 0.15) is 6.07 Å². The van der Waals surface area contributed by atoms with E-state index in [1.54, 1.807) is 6.07 Å². The van der Waals surface area contributed by atoms with Crippen LogP contribution in [0.4, 0.5) is 5.69 Å². The summed E-state index contributed by atoms with van der Waals surface area (Å²) in [5.41, 5.74) is 1.67. The molecule has 1 N–H and O–H groups in total. The van der Waals surface area contributed by atoms with Crippen LogP contribution < -0.4 is 10.2 Å². The minimum absolute atomic E-state index is 0.525. The van der Waals surface area contributed by atoms with Crippen molar-refractivity contribution in [3.05, 3.63) is 28.8 Å². The molecule has 4 heteroatoms. The molecule has 102 valence electrons. The van der Waals surface area contributed by atoms with Gasteiger partial charge in [-0.25, -0.2) is 0 Å². The second-order valence-electron chi connectivity index (χ2n) is 5.01. The van der Waals surface area contributed by atoms with Crippen LogP contribution in [-0.4, -0.2) is 25.7 Å². The summed E-state index contributed by atoms with van der Waals surface area (Å²) < 4.78 is 0. The molecule has 0 radical (unpaired) electrons. The van der Waals surface area contributed by atoms with E-state index in [9.17, 15) is 5.26 Å². The van der Waals surface area contributed by atoms with Crippen LogP contribution in [0.5, 0.6) is 0 Å². The van der Waals surface area contributed by atoms with Crippen LogP contribution in [0, 0.1) is 11.3 Å². The van der Waals surface area contributed by atoms with Crippen molar-refractivity contribution in [2.24, 2.45) is 0 Å². The fourth-order valence-corrected chi connectivity index (χ4v) is 2.79. The molecule has 3 nitrogen and oxygen atoms in total. The van der Waals surface area contributed by atoms with Gasteiger partial charge in [0.2, 0.25) is 0 Å². The van der Waals surface area contributed by atoms with E-state index >= 15 is 0 Å². The molecule has 0 spiro atoms. The van der Waals surface area contributed by atoms with E-state index in [-0.39, 0.29) is 0 Å². The molecule has 1 aliphatic rings. The molecule has 1 aromatic rings. The highest BCUT2D eigenvalue weighted by Crippen LogP contribution is 2.25. The van der Waals surface area contributed by atoms with Gasteiger partial charge in [-0.05, 0) is 44.0 Å². The van der Waals surface area contributed by atoms with Gasteiger partial charge in [-0.3, -0.25) is 0 Å². The zero-order valence-corrected chi connectivity index (χ0v) is 12.1. The number of benzene rings is 1. The number of hydrogen-bond donors (Lipinski definition) is 1. The average Bonchev–Trinajstić information content (AvgIpc) is 2.91. The highest BCUT2D eigenvalue weighted by Gasteiger charge is 2.19. The first-order chi connectivity index (χ1) is 9.24. The zero-order chi connectivity index (χ0) is 13.7. The van der Waals surface area contributed by atoms with E-state index in [1.807, 2.05) is 12.1 Å². The normalized spacial score (nSPS) is 18.3. The molecule has 1 atom stereocenters. The van der Waals surface area contributed by atoms with E-state index in [0.717, 1.165) is 31.7 Å². The monoisotopic (exact) mass is 277 g/mol. The standard InChI is InChI=1S/C15H20ClN3/c1-2-8-19(11-14-4-3-7-18-14)15-9-13(16)6-5-12(15)10-17/h5-6,9,14,18H,2-4,7-8,11H2,1H3. The Morgan fingerprint density at radius 1 is 1.53 bits per heavy atom. The van der Waals surface area contributed by atoms with E-state index < -0.39 is 0 Å². The topological polar surface area (TPSA) is 39.1 Å². The van der Waals surface area contributed by atoms with Crippen LogP contribution >= 0.6 is 11.6 Å². The average molecular weight is 278 g/mol. The van der Waals surface area contributed by atoms with Crippen LogP contribution in [-0.2, 0) is 0 Å². The number of hydrogen-bond acceptors (Lipinski definition) is 3. The van der Waals surface area contributed by atoms with Crippen LogP contribution in [0.1, 0.15) is 31.7 Å². The van der Waals surface area contributed by atoms with Gasteiger partial charge in [0.05, 0.1) is 11.3 Å². The fourth-order valence-electron chi connectivity index (χ4n) is 2.62. The first kappa shape index (κ1) is 14.2. The minimum atomic E-state index is 0.525. The van der Waals surface area contributed by atoms with Gasteiger partial charge in [0.25, 0.3) is 0 Å². The van der Waals surface area contributed by atoms with Gasteiger partial charge in [0.15, 0.2) is 0 Å². The molecule has 0 amide bonds. The second kappa shape index (κ2) is 6.79. The molecule has 1 aromatic carbocycles. The minimum Gasteiger partial charge on any atom is -0.369 e. The first-order valence-electron chi connectivity index (χ1n) is 6.92. The van der Waals surface area contributed by atoms with Crippen molar-refractivity contribution < 1.29 is 0 Å². The van der Waals surface area contributed by atoms with Crippen molar-refractivity contribution in [1.29, 1.82) is 5.26 Å². The molecule has 0 saturated carbocycles. The Hall–Kier alpha value is -1.24. The van der Waals surface area contributed by atoms with Gasteiger partial charge in [-0.1, -0.05) is 18.5 Å². The maximum absolute atomic E-state index is 9.25. The van der Waals surface area contributed by atoms with E-state index in [1.165, 1.54) is 12.8 Å². The Bertz CT molecular complexity index is 461. The number of nitriles is 1. The highest BCUT2D eigenvalue weighted by molar-refractivity contribution is 6.30. The van der Waals surface area contributed by atoms with Gasteiger partial charge >= 0.3 is 0 Å². The molecule has 1 fully saturated rings. The largest absolute Gasteiger partial charge is 0.369 e. The summed E-state index contributed by atoms with van der Waals surface area (Å²) in [6, 6.07) is 8.29. The third kappa shape index (κ3) is 3.62. The van der Waals surface area contributed by atoms with Crippen molar-refractivity contribution in [1.82, 2.24) is 5.32 Å². The smallest absolute Gasteiger partial charge is 0.101 e. The van der Waals surface area contributed by atoms with Gasteiger partial charge in [-0.2, -0.15) is 5.26 Å². The van der Waals surface area contributed by atoms with Crippen molar-refractivity contribution >= 4 is 17.3 Å². The molecule has 1 saturated heterocycles. The van der Waals surface area contributed by atoms with Gasteiger partial charge in [0, 0.05) is 24.2 Å². The summed E-state index contributed by atoms with van der Waals surface area (Å²) in [6.45, 7) is 5.16. The molecular weight excluding hydrogens is 258 g/mol. The van der Waals surface area contributed by atoms with Crippen molar-refractivity contribution in [2.45, 2.75) is 32.2 Å². The lowest BCUT2D eigenvalue weighted by Gasteiger charge is -2.28. The maximum Gasteiger partial charge on any atom is 0.101 e. The molecule has 1 unspecified atom stereocenters. The van der Waals surface area contributed by atoms with Gasteiger partial charge < -0.3 is 10.2 Å². The first-order valence-corrected chi connectivity index (χ1v) is 7.30. The third-order valence-corrected chi connectivity index (χ3v) is 3.75. The van der Waals surface area contributed by atoms with Crippen LogP contribution in [0.25, 0.3) is 0 Å². The number of nitrogens with zero attached hydrogens (tertiary/aromatic N) is 2. The predicted molar refractivity (Wildman–Crippen MR) is 79.7 cm³/mol. The predicted octanol–water partition coefficient (Wildman–Crippen LogP) is 3.18. The summed E-state index contributed by atoms with van der Waals surface area (Å²) >= 11 is 6.08. The lowest BCUT2D eigenvalue weighted by Crippen LogP contribution is -2.38. The zero-order valence-electron chi connectivity index (χ0n) is 11.3. The number of halogens is 1.